The molecule has 1 aromatic carbocycles. The van der Waals surface area contributed by atoms with Crippen LogP contribution in [0.1, 0.15) is 50.5 Å². The Morgan fingerprint density at radius 1 is 0.935 bits per heavy atom. The lowest BCUT2D eigenvalue weighted by Crippen LogP contribution is -2.54. The number of nitrogens with zero attached hydrogens (tertiary/aromatic N) is 5. The van der Waals surface area contributed by atoms with E-state index in [9.17, 15) is 14.4 Å². The lowest BCUT2D eigenvalue weighted by atomic mass is 10.1. The van der Waals surface area contributed by atoms with Gasteiger partial charge in [-0.2, -0.15) is 5.10 Å². The standard InChI is InChI=1S/C23H33N5O3/c1-4-7-10-13-28-21(29)19-12-9-8-11-18(19)20(24-28)22(30)26-14-16-27(17-15-26)23(31)25(5-2)6-3/h8-9,11-12H,4-7,10,13-17H2,1-3H3. The van der Waals surface area contributed by atoms with E-state index >= 15 is 0 Å². The van der Waals surface area contributed by atoms with Crippen molar-refractivity contribution in [3.63, 3.8) is 0 Å². The monoisotopic (exact) mass is 427 g/mol. The van der Waals surface area contributed by atoms with Crippen molar-refractivity contribution in [1.29, 1.82) is 0 Å². The number of unbranched alkanes of at least 4 members (excludes halogenated alkanes) is 2. The first-order valence-electron chi connectivity index (χ1n) is 11.3. The lowest BCUT2D eigenvalue weighted by molar-refractivity contribution is 0.0635. The van der Waals surface area contributed by atoms with Gasteiger partial charge in [-0.05, 0) is 26.3 Å². The molecule has 2 aromatic rings. The molecule has 31 heavy (non-hydrogen) atoms. The number of fused-ring (bicyclic) bond motifs is 1. The smallest absolute Gasteiger partial charge is 0.320 e. The first-order valence-corrected chi connectivity index (χ1v) is 11.3. The van der Waals surface area contributed by atoms with Crippen molar-refractivity contribution in [2.45, 2.75) is 46.6 Å². The summed E-state index contributed by atoms with van der Waals surface area (Å²) in [5, 5.41) is 5.59. The van der Waals surface area contributed by atoms with E-state index in [1.165, 1.54) is 4.68 Å². The highest BCUT2D eigenvalue weighted by Gasteiger charge is 2.28. The van der Waals surface area contributed by atoms with Crippen molar-refractivity contribution in [3.05, 3.63) is 40.3 Å². The largest absolute Gasteiger partial charge is 0.334 e. The van der Waals surface area contributed by atoms with Crippen molar-refractivity contribution in [2.75, 3.05) is 39.3 Å². The van der Waals surface area contributed by atoms with Crippen molar-refractivity contribution in [3.8, 4) is 0 Å². The minimum Gasteiger partial charge on any atom is -0.334 e. The van der Waals surface area contributed by atoms with Gasteiger partial charge >= 0.3 is 6.03 Å². The van der Waals surface area contributed by atoms with Gasteiger partial charge in [-0.3, -0.25) is 9.59 Å². The average Bonchev–Trinajstić information content (AvgIpc) is 2.81. The topological polar surface area (TPSA) is 78.8 Å². The number of carbonyl (C=O) groups is 2. The molecule has 0 bridgehead atoms. The number of piperazine rings is 1. The van der Waals surface area contributed by atoms with E-state index in [2.05, 4.69) is 12.0 Å². The SMILES string of the molecule is CCCCCn1nc(C(=O)N2CCN(C(=O)N(CC)CC)CC2)c2ccccc2c1=O. The summed E-state index contributed by atoms with van der Waals surface area (Å²) >= 11 is 0. The molecule has 1 fully saturated rings. The maximum absolute atomic E-state index is 13.4. The Labute approximate surface area is 183 Å². The molecule has 8 heteroatoms. The predicted molar refractivity (Wildman–Crippen MR) is 121 cm³/mol. The summed E-state index contributed by atoms with van der Waals surface area (Å²) in [6.45, 7) is 9.78. The first-order chi connectivity index (χ1) is 15.0. The Balaban J connectivity index is 1.82. The molecule has 0 spiro atoms. The molecular formula is C23H33N5O3. The van der Waals surface area contributed by atoms with Gasteiger partial charge in [-0.15, -0.1) is 0 Å². The number of rotatable bonds is 7. The fourth-order valence-electron chi connectivity index (χ4n) is 4.00. The molecule has 1 saturated heterocycles. The van der Waals surface area contributed by atoms with Gasteiger partial charge in [0, 0.05) is 51.2 Å². The molecule has 3 rings (SSSR count). The lowest BCUT2D eigenvalue weighted by Gasteiger charge is -2.37. The molecule has 0 atom stereocenters. The molecule has 1 aliphatic rings. The van der Waals surface area contributed by atoms with Gasteiger partial charge in [0.25, 0.3) is 11.5 Å². The summed E-state index contributed by atoms with van der Waals surface area (Å²) in [6.07, 6.45) is 2.90. The molecule has 8 nitrogen and oxygen atoms in total. The van der Waals surface area contributed by atoms with Crippen molar-refractivity contribution >= 4 is 22.7 Å². The molecule has 0 N–H and O–H groups in total. The van der Waals surface area contributed by atoms with Gasteiger partial charge in [0.2, 0.25) is 0 Å². The second-order valence-electron chi connectivity index (χ2n) is 7.86. The Morgan fingerprint density at radius 2 is 1.55 bits per heavy atom. The van der Waals surface area contributed by atoms with E-state index < -0.39 is 0 Å². The van der Waals surface area contributed by atoms with Gasteiger partial charge in [0.05, 0.1) is 5.39 Å². The molecule has 0 radical (unpaired) electrons. The van der Waals surface area contributed by atoms with Crippen LogP contribution in [0, 0.1) is 0 Å². The highest BCUT2D eigenvalue weighted by Crippen LogP contribution is 2.17. The first kappa shape index (κ1) is 22.8. The molecule has 1 aliphatic heterocycles. The van der Waals surface area contributed by atoms with Crippen LogP contribution in [0.5, 0.6) is 0 Å². The molecule has 1 aromatic heterocycles. The van der Waals surface area contributed by atoms with Crippen LogP contribution in [-0.2, 0) is 6.54 Å². The van der Waals surface area contributed by atoms with Gasteiger partial charge in [0.1, 0.15) is 0 Å². The zero-order valence-corrected chi connectivity index (χ0v) is 18.8. The molecule has 168 valence electrons. The third-order valence-corrected chi connectivity index (χ3v) is 5.92. The van der Waals surface area contributed by atoms with Crippen LogP contribution in [0.25, 0.3) is 10.8 Å². The Bertz CT molecular complexity index is 975. The highest BCUT2D eigenvalue weighted by atomic mass is 16.2. The van der Waals surface area contributed by atoms with Gasteiger partial charge in [0.15, 0.2) is 5.69 Å². The van der Waals surface area contributed by atoms with E-state index in [1.807, 2.05) is 26.0 Å². The molecular weight excluding hydrogens is 394 g/mol. The third-order valence-electron chi connectivity index (χ3n) is 5.92. The van der Waals surface area contributed by atoms with Crippen LogP contribution in [0.15, 0.2) is 29.1 Å². The van der Waals surface area contributed by atoms with Crippen LogP contribution in [0.4, 0.5) is 4.79 Å². The predicted octanol–water partition coefficient (Wildman–Crippen LogP) is 2.81. The Morgan fingerprint density at radius 3 is 2.16 bits per heavy atom. The maximum Gasteiger partial charge on any atom is 0.320 e. The fraction of sp³-hybridized carbons (Fsp3) is 0.565. The number of aryl methyl sites for hydroxylation is 1. The van der Waals surface area contributed by atoms with E-state index in [4.69, 9.17) is 0 Å². The van der Waals surface area contributed by atoms with E-state index in [-0.39, 0.29) is 17.5 Å². The number of aromatic nitrogens is 2. The van der Waals surface area contributed by atoms with Crippen LogP contribution in [0.3, 0.4) is 0 Å². The van der Waals surface area contributed by atoms with Gasteiger partial charge in [-0.25, -0.2) is 9.48 Å². The normalized spacial score (nSPS) is 14.2. The Kier molecular flexibility index (Phi) is 7.65. The number of carbonyl (C=O) groups excluding carboxylic acids is 2. The van der Waals surface area contributed by atoms with Crippen molar-refractivity contribution in [2.24, 2.45) is 0 Å². The minimum absolute atomic E-state index is 0.0187. The van der Waals surface area contributed by atoms with E-state index in [1.54, 1.807) is 26.8 Å². The second kappa shape index (κ2) is 10.4. The van der Waals surface area contributed by atoms with Crippen LogP contribution < -0.4 is 5.56 Å². The summed E-state index contributed by atoms with van der Waals surface area (Å²) in [4.78, 5) is 44.1. The number of urea groups is 1. The third kappa shape index (κ3) is 4.89. The number of hydrogen-bond acceptors (Lipinski definition) is 4. The highest BCUT2D eigenvalue weighted by molar-refractivity contribution is 6.04. The maximum atomic E-state index is 13.4. The quantitative estimate of drug-likeness (QED) is 0.637. The number of amides is 3. The molecule has 2 heterocycles. The summed E-state index contributed by atoms with van der Waals surface area (Å²) in [7, 11) is 0. The van der Waals surface area contributed by atoms with Gasteiger partial charge in [-0.1, -0.05) is 38.0 Å². The van der Waals surface area contributed by atoms with E-state index in [0.717, 1.165) is 19.3 Å². The van der Waals surface area contributed by atoms with Crippen molar-refractivity contribution < 1.29 is 9.59 Å². The number of benzene rings is 1. The molecule has 0 saturated carbocycles. The Hall–Kier alpha value is -2.90. The van der Waals surface area contributed by atoms with Crippen LogP contribution >= 0.6 is 0 Å². The van der Waals surface area contributed by atoms with E-state index in [0.29, 0.717) is 62.3 Å². The summed E-state index contributed by atoms with van der Waals surface area (Å²) in [5.74, 6) is -0.185. The molecule has 0 unspecified atom stereocenters. The summed E-state index contributed by atoms with van der Waals surface area (Å²) in [5.41, 5.74) is 0.160. The number of hydrogen-bond donors (Lipinski definition) is 0. The second-order valence-corrected chi connectivity index (χ2v) is 7.86. The van der Waals surface area contributed by atoms with Gasteiger partial charge < -0.3 is 14.7 Å². The molecule has 0 aliphatic carbocycles. The minimum atomic E-state index is -0.185. The zero-order valence-electron chi connectivity index (χ0n) is 18.8. The molecule has 3 amide bonds. The summed E-state index contributed by atoms with van der Waals surface area (Å²) in [6, 6.07) is 7.19. The zero-order chi connectivity index (χ0) is 22.4. The summed E-state index contributed by atoms with van der Waals surface area (Å²) < 4.78 is 1.44. The van der Waals surface area contributed by atoms with Crippen LogP contribution in [-0.4, -0.2) is 75.7 Å². The van der Waals surface area contributed by atoms with Crippen molar-refractivity contribution in [1.82, 2.24) is 24.5 Å². The van der Waals surface area contributed by atoms with Crippen LogP contribution in [0.2, 0.25) is 0 Å². The average molecular weight is 428 g/mol. The fourth-order valence-corrected chi connectivity index (χ4v) is 4.00.